The quantitative estimate of drug-likeness (QED) is 0.385. The molecule has 0 bridgehead atoms. The average Bonchev–Trinajstić information content (AvgIpc) is 2.79. The number of benzene rings is 2. The van der Waals surface area contributed by atoms with Crippen LogP contribution >= 0.6 is 0 Å². The first-order valence-electron chi connectivity index (χ1n) is 10.1. The van der Waals surface area contributed by atoms with Crippen molar-refractivity contribution in [1.29, 1.82) is 0 Å². The first-order valence-corrected chi connectivity index (χ1v) is 11.6. The SMILES string of the molecule is CCOC(=O)/C=C(\c1cccnc1)c1cccc(NS(=O)(=O)c2ccc(OCC)cc2)c1. The van der Waals surface area contributed by atoms with Gasteiger partial charge in [0.15, 0.2) is 0 Å². The van der Waals surface area contributed by atoms with Gasteiger partial charge in [-0.1, -0.05) is 18.2 Å². The van der Waals surface area contributed by atoms with E-state index in [4.69, 9.17) is 9.47 Å². The third kappa shape index (κ3) is 5.95. The summed E-state index contributed by atoms with van der Waals surface area (Å²) in [5, 5.41) is 0. The van der Waals surface area contributed by atoms with E-state index < -0.39 is 16.0 Å². The van der Waals surface area contributed by atoms with Crippen molar-refractivity contribution in [3.8, 4) is 5.75 Å². The van der Waals surface area contributed by atoms with E-state index in [-0.39, 0.29) is 11.5 Å². The molecule has 32 heavy (non-hydrogen) atoms. The number of anilines is 1. The molecule has 1 N–H and O–H groups in total. The number of nitrogens with zero attached hydrogens (tertiary/aromatic N) is 1. The summed E-state index contributed by atoms with van der Waals surface area (Å²) in [4.78, 5) is 16.4. The van der Waals surface area contributed by atoms with Gasteiger partial charge in [-0.25, -0.2) is 13.2 Å². The molecule has 3 rings (SSSR count). The largest absolute Gasteiger partial charge is 0.494 e. The number of ether oxygens (including phenoxy) is 2. The number of pyridine rings is 1. The predicted octanol–water partition coefficient (Wildman–Crippen LogP) is 4.28. The van der Waals surface area contributed by atoms with Crippen molar-refractivity contribution in [2.45, 2.75) is 18.7 Å². The summed E-state index contributed by atoms with van der Waals surface area (Å²) in [6, 6.07) is 16.5. The van der Waals surface area contributed by atoms with Crippen LogP contribution in [0.2, 0.25) is 0 Å². The van der Waals surface area contributed by atoms with Crippen LogP contribution in [0.5, 0.6) is 5.75 Å². The molecule has 0 spiro atoms. The van der Waals surface area contributed by atoms with Gasteiger partial charge in [-0.3, -0.25) is 9.71 Å². The number of rotatable bonds is 9. The van der Waals surface area contributed by atoms with E-state index in [1.807, 2.05) is 13.0 Å². The fourth-order valence-electron chi connectivity index (χ4n) is 3.00. The molecule has 0 aliphatic carbocycles. The van der Waals surface area contributed by atoms with E-state index in [9.17, 15) is 13.2 Å². The monoisotopic (exact) mass is 452 g/mol. The Labute approximate surface area is 187 Å². The van der Waals surface area contributed by atoms with Crippen LogP contribution in [0, 0.1) is 0 Å². The van der Waals surface area contributed by atoms with Crippen LogP contribution in [0.15, 0.2) is 84.0 Å². The predicted molar refractivity (Wildman–Crippen MR) is 123 cm³/mol. The van der Waals surface area contributed by atoms with Gasteiger partial charge in [0.05, 0.1) is 18.1 Å². The lowest BCUT2D eigenvalue weighted by molar-refractivity contribution is -0.137. The number of carbonyl (C=O) groups excluding carboxylic acids is 1. The second-order valence-corrected chi connectivity index (χ2v) is 8.32. The van der Waals surface area contributed by atoms with E-state index >= 15 is 0 Å². The smallest absolute Gasteiger partial charge is 0.331 e. The molecular weight excluding hydrogens is 428 g/mol. The van der Waals surface area contributed by atoms with E-state index in [0.29, 0.717) is 34.7 Å². The van der Waals surface area contributed by atoms with Crippen molar-refractivity contribution in [3.05, 3.63) is 90.3 Å². The maximum absolute atomic E-state index is 12.8. The van der Waals surface area contributed by atoms with Crippen molar-refractivity contribution < 1.29 is 22.7 Å². The summed E-state index contributed by atoms with van der Waals surface area (Å²) in [5.74, 6) is 0.102. The normalized spacial score (nSPS) is 11.6. The fraction of sp³-hybridized carbons (Fsp3) is 0.167. The molecule has 3 aromatic rings. The molecule has 0 aliphatic heterocycles. The second-order valence-electron chi connectivity index (χ2n) is 6.64. The molecule has 1 aromatic heterocycles. The number of aromatic nitrogens is 1. The Hall–Kier alpha value is -3.65. The van der Waals surface area contributed by atoms with Crippen molar-refractivity contribution >= 4 is 27.3 Å². The topological polar surface area (TPSA) is 94.6 Å². The first-order chi connectivity index (χ1) is 15.4. The maximum Gasteiger partial charge on any atom is 0.331 e. The van der Waals surface area contributed by atoms with Crippen LogP contribution in [-0.2, 0) is 19.6 Å². The Morgan fingerprint density at radius 3 is 2.41 bits per heavy atom. The molecule has 0 amide bonds. The molecule has 7 nitrogen and oxygen atoms in total. The lowest BCUT2D eigenvalue weighted by atomic mass is 9.98. The van der Waals surface area contributed by atoms with Gasteiger partial charge in [0.1, 0.15) is 5.75 Å². The van der Waals surface area contributed by atoms with Crippen molar-refractivity contribution in [1.82, 2.24) is 4.98 Å². The minimum Gasteiger partial charge on any atom is -0.494 e. The molecule has 2 aromatic carbocycles. The summed E-state index contributed by atoms with van der Waals surface area (Å²) in [7, 11) is -3.81. The number of hydrogen-bond donors (Lipinski definition) is 1. The highest BCUT2D eigenvalue weighted by Gasteiger charge is 2.16. The minimum absolute atomic E-state index is 0.112. The van der Waals surface area contributed by atoms with Crippen LogP contribution in [0.25, 0.3) is 5.57 Å². The molecule has 0 saturated carbocycles. The first kappa shape index (κ1) is 23.0. The van der Waals surface area contributed by atoms with Gasteiger partial charge in [-0.2, -0.15) is 0 Å². The van der Waals surface area contributed by atoms with Crippen LogP contribution in [0.3, 0.4) is 0 Å². The highest BCUT2D eigenvalue weighted by molar-refractivity contribution is 7.92. The minimum atomic E-state index is -3.81. The van der Waals surface area contributed by atoms with Gasteiger partial charge in [0, 0.05) is 29.7 Å². The Bertz CT molecular complexity index is 1190. The molecule has 166 valence electrons. The third-order valence-corrected chi connectivity index (χ3v) is 5.79. The lowest BCUT2D eigenvalue weighted by Gasteiger charge is -2.12. The number of sulfonamides is 1. The molecule has 0 unspecified atom stereocenters. The summed E-state index contributed by atoms with van der Waals surface area (Å²) < 4.78 is 38.7. The maximum atomic E-state index is 12.8. The molecule has 0 aliphatic rings. The van der Waals surface area contributed by atoms with Crippen LogP contribution in [0.4, 0.5) is 5.69 Å². The number of carbonyl (C=O) groups is 1. The third-order valence-electron chi connectivity index (χ3n) is 4.39. The molecule has 0 saturated heterocycles. The van der Waals surface area contributed by atoms with Crippen molar-refractivity contribution in [2.75, 3.05) is 17.9 Å². The summed E-state index contributed by atoms with van der Waals surface area (Å²) in [5.41, 5.74) is 2.26. The zero-order valence-corrected chi connectivity index (χ0v) is 18.6. The zero-order valence-electron chi connectivity index (χ0n) is 17.8. The van der Waals surface area contributed by atoms with Gasteiger partial charge >= 0.3 is 5.97 Å². The van der Waals surface area contributed by atoms with Gasteiger partial charge in [0.2, 0.25) is 0 Å². The standard InChI is InChI=1S/C24H24N2O5S/c1-3-30-21-10-12-22(13-11-21)32(28,29)26-20-9-5-7-18(15-20)23(16-24(27)31-4-2)19-8-6-14-25-17-19/h5-17,26H,3-4H2,1-2H3/b23-16-. The zero-order chi connectivity index (χ0) is 23.0. The van der Waals surface area contributed by atoms with Gasteiger partial charge in [-0.05, 0) is 67.4 Å². The van der Waals surface area contributed by atoms with Crippen LogP contribution < -0.4 is 9.46 Å². The van der Waals surface area contributed by atoms with E-state index in [1.165, 1.54) is 18.2 Å². The van der Waals surface area contributed by atoms with Gasteiger partial charge in [0.25, 0.3) is 10.0 Å². The average molecular weight is 453 g/mol. The Morgan fingerprint density at radius 2 is 1.75 bits per heavy atom. The molecular formula is C24H24N2O5S. The van der Waals surface area contributed by atoms with Gasteiger partial charge < -0.3 is 9.47 Å². The Morgan fingerprint density at radius 1 is 1.00 bits per heavy atom. The highest BCUT2D eigenvalue weighted by Crippen LogP contribution is 2.27. The van der Waals surface area contributed by atoms with Gasteiger partial charge in [-0.15, -0.1) is 0 Å². The second kappa shape index (κ2) is 10.6. The Kier molecular flexibility index (Phi) is 7.62. The fourth-order valence-corrected chi connectivity index (χ4v) is 4.05. The molecule has 0 radical (unpaired) electrons. The highest BCUT2D eigenvalue weighted by atomic mass is 32.2. The number of esters is 1. The van der Waals surface area contributed by atoms with E-state index in [0.717, 1.165) is 0 Å². The Balaban J connectivity index is 1.92. The lowest BCUT2D eigenvalue weighted by Crippen LogP contribution is -2.13. The summed E-state index contributed by atoms with van der Waals surface area (Å²) in [6.45, 7) is 4.33. The number of nitrogens with one attached hydrogen (secondary N) is 1. The molecule has 1 heterocycles. The van der Waals surface area contributed by atoms with E-state index in [1.54, 1.807) is 61.8 Å². The summed E-state index contributed by atoms with van der Waals surface area (Å²) >= 11 is 0. The van der Waals surface area contributed by atoms with Crippen molar-refractivity contribution in [2.24, 2.45) is 0 Å². The van der Waals surface area contributed by atoms with Crippen LogP contribution in [0.1, 0.15) is 25.0 Å². The summed E-state index contributed by atoms with van der Waals surface area (Å²) in [6.07, 6.45) is 4.63. The molecule has 8 heteroatoms. The van der Waals surface area contributed by atoms with Crippen LogP contribution in [-0.4, -0.2) is 32.6 Å². The molecule has 0 fully saturated rings. The van der Waals surface area contributed by atoms with E-state index in [2.05, 4.69) is 9.71 Å². The number of hydrogen-bond acceptors (Lipinski definition) is 6. The molecule has 0 atom stereocenters. The van der Waals surface area contributed by atoms with Crippen molar-refractivity contribution in [3.63, 3.8) is 0 Å².